The number of rotatable bonds is 1. The van der Waals surface area contributed by atoms with Crippen molar-refractivity contribution < 1.29 is 4.39 Å². The molecule has 15 heavy (non-hydrogen) atoms. The molecule has 2 N–H and O–H groups in total. The molecule has 0 aromatic heterocycles. The van der Waals surface area contributed by atoms with Gasteiger partial charge in [-0.05, 0) is 24.6 Å². The molecule has 1 aromatic carbocycles. The molecule has 0 bridgehead atoms. The summed E-state index contributed by atoms with van der Waals surface area (Å²) >= 11 is 0. The summed E-state index contributed by atoms with van der Waals surface area (Å²) in [5.74, 6) is -0.236. The summed E-state index contributed by atoms with van der Waals surface area (Å²) in [6, 6.07) is 3.21. The smallest absolute Gasteiger partial charge is 0.148 e. The monoisotopic (exact) mass is 208 g/mol. The van der Waals surface area contributed by atoms with Crippen LogP contribution in [0.5, 0.6) is 0 Å². The van der Waals surface area contributed by atoms with Gasteiger partial charge in [0.15, 0.2) is 0 Å². The number of aryl methyl sites for hydroxylation is 1. The predicted molar refractivity (Wildman–Crippen MR) is 59.6 cm³/mol. The highest BCUT2D eigenvalue weighted by Gasteiger charge is 2.15. The highest BCUT2D eigenvalue weighted by molar-refractivity contribution is 5.59. The largest absolute Gasteiger partial charge is 0.398 e. The Bertz CT molecular complexity index is 359. The van der Waals surface area contributed by atoms with Gasteiger partial charge in [0, 0.05) is 31.9 Å². The number of halogens is 1. The standard InChI is InChI=1S/C11H15FN3/c1-8-6-11(9(12)7-10(8)13)15-4-2-14-3-5-15/h6-7H,2-5,13H2,1H3. The van der Waals surface area contributed by atoms with E-state index in [0.29, 0.717) is 11.4 Å². The fourth-order valence-electron chi connectivity index (χ4n) is 1.77. The molecule has 2 rings (SSSR count). The third kappa shape index (κ3) is 2.04. The Morgan fingerprint density at radius 1 is 1.33 bits per heavy atom. The van der Waals surface area contributed by atoms with Crippen LogP contribution in [0.2, 0.25) is 0 Å². The molecule has 1 aromatic rings. The molecule has 1 saturated heterocycles. The van der Waals surface area contributed by atoms with E-state index in [1.807, 2.05) is 17.9 Å². The van der Waals surface area contributed by atoms with Gasteiger partial charge in [-0.25, -0.2) is 9.71 Å². The maximum Gasteiger partial charge on any atom is 0.148 e. The van der Waals surface area contributed by atoms with E-state index in [0.717, 1.165) is 31.7 Å². The summed E-state index contributed by atoms with van der Waals surface area (Å²) in [7, 11) is 0. The maximum atomic E-state index is 13.7. The minimum Gasteiger partial charge on any atom is -0.398 e. The zero-order valence-electron chi connectivity index (χ0n) is 8.83. The average Bonchev–Trinajstić information content (AvgIpc) is 2.25. The molecule has 0 saturated carbocycles. The molecular formula is C11H15FN3. The van der Waals surface area contributed by atoms with Crippen molar-refractivity contribution >= 4 is 11.4 Å². The van der Waals surface area contributed by atoms with E-state index < -0.39 is 0 Å². The van der Waals surface area contributed by atoms with Crippen molar-refractivity contribution in [1.29, 1.82) is 0 Å². The number of nitrogen functional groups attached to an aromatic ring is 1. The molecule has 1 fully saturated rings. The summed E-state index contributed by atoms with van der Waals surface area (Å²) in [6.45, 7) is 5.04. The van der Waals surface area contributed by atoms with Crippen LogP contribution in [0, 0.1) is 12.7 Å². The SMILES string of the molecule is Cc1cc(N2CC[N]CC2)c(F)cc1N. The van der Waals surface area contributed by atoms with Crippen molar-refractivity contribution in [3.8, 4) is 0 Å². The summed E-state index contributed by atoms with van der Waals surface area (Å²) in [5.41, 5.74) is 7.73. The summed E-state index contributed by atoms with van der Waals surface area (Å²) < 4.78 is 13.7. The fourth-order valence-corrected chi connectivity index (χ4v) is 1.77. The molecule has 4 heteroatoms. The van der Waals surface area contributed by atoms with E-state index in [1.54, 1.807) is 0 Å². The van der Waals surface area contributed by atoms with Crippen LogP contribution in [-0.4, -0.2) is 26.2 Å². The molecule has 1 heterocycles. The molecule has 1 aliphatic rings. The number of piperazine rings is 1. The molecule has 0 atom stereocenters. The lowest BCUT2D eigenvalue weighted by atomic mass is 10.1. The summed E-state index contributed by atoms with van der Waals surface area (Å²) in [4.78, 5) is 2.02. The first-order chi connectivity index (χ1) is 7.18. The van der Waals surface area contributed by atoms with E-state index in [4.69, 9.17) is 5.73 Å². The Labute approximate surface area is 89.1 Å². The molecule has 0 aliphatic carbocycles. The number of hydrogen-bond acceptors (Lipinski definition) is 2. The molecule has 3 nitrogen and oxygen atoms in total. The third-order valence-corrected chi connectivity index (χ3v) is 2.73. The highest BCUT2D eigenvalue weighted by atomic mass is 19.1. The van der Waals surface area contributed by atoms with Crippen LogP contribution >= 0.6 is 0 Å². The van der Waals surface area contributed by atoms with Crippen molar-refractivity contribution in [2.45, 2.75) is 6.92 Å². The van der Waals surface area contributed by atoms with Gasteiger partial charge in [-0.1, -0.05) is 0 Å². The zero-order chi connectivity index (χ0) is 10.8. The normalized spacial score (nSPS) is 16.8. The number of benzene rings is 1. The second-order valence-corrected chi connectivity index (χ2v) is 3.82. The molecule has 0 amide bonds. The lowest BCUT2D eigenvalue weighted by Crippen LogP contribution is -2.40. The minimum absolute atomic E-state index is 0.236. The quantitative estimate of drug-likeness (QED) is 0.703. The van der Waals surface area contributed by atoms with Crippen LogP contribution in [0.3, 0.4) is 0 Å². The van der Waals surface area contributed by atoms with E-state index >= 15 is 0 Å². The molecule has 81 valence electrons. The van der Waals surface area contributed by atoms with Crippen LogP contribution in [-0.2, 0) is 0 Å². The summed E-state index contributed by atoms with van der Waals surface area (Å²) in [6.07, 6.45) is 0. The first kappa shape index (κ1) is 10.2. The lowest BCUT2D eigenvalue weighted by molar-refractivity contribution is 0.559. The van der Waals surface area contributed by atoms with Gasteiger partial charge in [0.2, 0.25) is 0 Å². The maximum absolute atomic E-state index is 13.7. The minimum atomic E-state index is -0.236. The topological polar surface area (TPSA) is 43.4 Å². The average molecular weight is 208 g/mol. The molecule has 1 radical (unpaired) electrons. The van der Waals surface area contributed by atoms with Crippen molar-refractivity contribution in [1.82, 2.24) is 5.32 Å². The highest BCUT2D eigenvalue weighted by Crippen LogP contribution is 2.25. The number of nitrogens with zero attached hydrogens (tertiary/aromatic N) is 2. The molecular weight excluding hydrogens is 193 g/mol. The molecule has 1 aliphatic heterocycles. The van der Waals surface area contributed by atoms with Crippen molar-refractivity contribution in [3.63, 3.8) is 0 Å². The summed E-state index contributed by atoms with van der Waals surface area (Å²) in [5, 5.41) is 4.23. The fraction of sp³-hybridized carbons (Fsp3) is 0.455. The van der Waals surface area contributed by atoms with Crippen LogP contribution in [0.4, 0.5) is 15.8 Å². The van der Waals surface area contributed by atoms with Crippen LogP contribution in [0.1, 0.15) is 5.56 Å². The first-order valence-electron chi connectivity index (χ1n) is 5.12. The van der Waals surface area contributed by atoms with Gasteiger partial charge < -0.3 is 10.6 Å². The second kappa shape index (κ2) is 4.06. The van der Waals surface area contributed by atoms with E-state index in [-0.39, 0.29) is 5.82 Å². The Morgan fingerprint density at radius 2 is 2.00 bits per heavy atom. The van der Waals surface area contributed by atoms with Gasteiger partial charge in [-0.15, -0.1) is 0 Å². The number of anilines is 2. The van der Waals surface area contributed by atoms with E-state index in [9.17, 15) is 4.39 Å². The van der Waals surface area contributed by atoms with Crippen LogP contribution in [0.15, 0.2) is 12.1 Å². The van der Waals surface area contributed by atoms with Gasteiger partial charge in [0.05, 0.1) is 5.69 Å². The molecule has 0 spiro atoms. The Morgan fingerprint density at radius 3 is 2.67 bits per heavy atom. The third-order valence-electron chi connectivity index (χ3n) is 2.73. The second-order valence-electron chi connectivity index (χ2n) is 3.82. The molecule has 0 unspecified atom stereocenters. The van der Waals surface area contributed by atoms with Gasteiger partial charge in [0.25, 0.3) is 0 Å². The predicted octanol–water partition coefficient (Wildman–Crippen LogP) is 1.14. The van der Waals surface area contributed by atoms with Gasteiger partial charge in [-0.3, -0.25) is 0 Å². The lowest BCUT2D eigenvalue weighted by Gasteiger charge is -2.29. The first-order valence-corrected chi connectivity index (χ1v) is 5.12. The van der Waals surface area contributed by atoms with Gasteiger partial charge in [0.1, 0.15) is 5.82 Å². The van der Waals surface area contributed by atoms with Crippen LogP contribution in [0.25, 0.3) is 0 Å². The van der Waals surface area contributed by atoms with Crippen molar-refractivity contribution in [2.24, 2.45) is 0 Å². The number of hydrogen-bond donors (Lipinski definition) is 1. The van der Waals surface area contributed by atoms with E-state index in [1.165, 1.54) is 6.07 Å². The van der Waals surface area contributed by atoms with Gasteiger partial charge >= 0.3 is 0 Å². The van der Waals surface area contributed by atoms with Gasteiger partial charge in [-0.2, -0.15) is 0 Å². The Hall–Kier alpha value is -1.29. The van der Waals surface area contributed by atoms with E-state index in [2.05, 4.69) is 5.32 Å². The zero-order valence-corrected chi connectivity index (χ0v) is 8.83. The van der Waals surface area contributed by atoms with Crippen molar-refractivity contribution in [3.05, 3.63) is 23.5 Å². The van der Waals surface area contributed by atoms with Crippen molar-refractivity contribution in [2.75, 3.05) is 36.8 Å². The Kier molecular flexibility index (Phi) is 2.77. The number of nitrogens with two attached hydrogens (primary N) is 1. The van der Waals surface area contributed by atoms with Crippen LogP contribution < -0.4 is 16.0 Å². The Balaban J connectivity index is 2.30.